The zero-order valence-corrected chi connectivity index (χ0v) is 17.3. The third kappa shape index (κ3) is 4.60. The van der Waals surface area contributed by atoms with Gasteiger partial charge >= 0.3 is 0 Å². The van der Waals surface area contributed by atoms with Gasteiger partial charge in [-0.2, -0.15) is 5.10 Å². The van der Waals surface area contributed by atoms with Crippen molar-refractivity contribution in [3.63, 3.8) is 0 Å². The van der Waals surface area contributed by atoms with Crippen molar-refractivity contribution in [1.29, 1.82) is 0 Å². The molecule has 2 aliphatic rings. The SMILES string of the molecule is CC(=O)N1CCC(c2nn(CCNC(=O)CC3CCCCC3)c3ncccc23)C1. The number of carbonyl (C=O) groups is 2. The minimum Gasteiger partial charge on any atom is -0.354 e. The molecule has 2 aromatic heterocycles. The van der Waals surface area contributed by atoms with E-state index in [1.807, 2.05) is 15.6 Å². The molecule has 7 nitrogen and oxygen atoms in total. The topological polar surface area (TPSA) is 80.1 Å². The Balaban J connectivity index is 1.39. The first-order chi connectivity index (χ1) is 14.1. The highest BCUT2D eigenvalue weighted by molar-refractivity contribution is 5.79. The lowest BCUT2D eigenvalue weighted by Gasteiger charge is -2.20. The van der Waals surface area contributed by atoms with Crippen molar-refractivity contribution in [3.8, 4) is 0 Å². The number of fused-ring (bicyclic) bond motifs is 1. The molecule has 0 aromatic carbocycles. The minimum absolute atomic E-state index is 0.120. The van der Waals surface area contributed by atoms with E-state index in [-0.39, 0.29) is 17.7 Å². The van der Waals surface area contributed by atoms with Crippen molar-refractivity contribution >= 4 is 22.8 Å². The maximum Gasteiger partial charge on any atom is 0.220 e. The molecule has 1 aliphatic heterocycles. The quantitative estimate of drug-likeness (QED) is 0.813. The molecule has 1 saturated carbocycles. The molecule has 156 valence electrons. The molecular weight excluding hydrogens is 366 g/mol. The van der Waals surface area contributed by atoms with Crippen LogP contribution >= 0.6 is 0 Å². The van der Waals surface area contributed by atoms with Crippen molar-refractivity contribution in [3.05, 3.63) is 24.0 Å². The van der Waals surface area contributed by atoms with Crippen LogP contribution in [0.25, 0.3) is 11.0 Å². The van der Waals surface area contributed by atoms with E-state index in [2.05, 4.69) is 16.4 Å². The molecule has 2 amide bonds. The van der Waals surface area contributed by atoms with Gasteiger partial charge in [0.15, 0.2) is 5.65 Å². The van der Waals surface area contributed by atoms with Gasteiger partial charge < -0.3 is 10.2 Å². The normalized spacial score (nSPS) is 20.3. The lowest BCUT2D eigenvalue weighted by molar-refractivity contribution is -0.127. The van der Waals surface area contributed by atoms with E-state index in [1.54, 1.807) is 13.1 Å². The molecule has 7 heteroatoms. The van der Waals surface area contributed by atoms with E-state index in [0.29, 0.717) is 32.0 Å². The van der Waals surface area contributed by atoms with Crippen LogP contribution in [0.1, 0.15) is 63.5 Å². The summed E-state index contributed by atoms with van der Waals surface area (Å²) in [4.78, 5) is 30.4. The fourth-order valence-electron chi connectivity index (χ4n) is 4.79. The zero-order valence-electron chi connectivity index (χ0n) is 17.3. The first kappa shape index (κ1) is 19.9. The number of hydrogen-bond donors (Lipinski definition) is 1. The van der Waals surface area contributed by atoms with Crippen molar-refractivity contribution in [1.82, 2.24) is 25.0 Å². The van der Waals surface area contributed by atoms with Crippen molar-refractivity contribution in [2.24, 2.45) is 5.92 Å². The second-order valence-electron chi connectivity index (χ2n) is 8.49. The second kappa shape index (κ2) is 8.93. The summed E-state index contributed by atoms with van der Waals surface area (Å²) >= 11 is 0. The monoisotopic (exact) mass is 397 g/mol. The number of nitrogens with one attached hydrogen (secondary N) is 1. The summed E-state index contributed by atoms with van der Waals surface area (Å²) in [5.74, 6) is 1.06. The van der Waals surface area contributed by atoms with Gasteiger partial charge in [-0.25, -0.2) is 9.67 Å². The smallest absolute Gasteiger partial charge is 0.220 e. The maximum atomic E-state index is 12.3. The van der Waals surface area contributed by atoms with Crippen molar-refractivity contribution < 1.29 is 9.59 Å². The third-order valence-electron chi connectivity index (χ3n) is 6.40. The Morgan fingerprint density at radius 1 is 1.21 bits per heavy atom. The summed E-state index contributed by atoms with van der Waals surface area (Å²) in [6, 6.07) is 3.99. The summed E-state index contributed by atoms with van der Waals surface area (Å²) in [6.45, 7) is 4.28. The highest BCUT2D eigenvalue weighted by Crippen LogP contribution is 2.31. The van der Waals surface area contributed by atoms with Crippen LogP contribution < -0.4 is 5.32 Å². The Morgan fingerprint density at radius 2 is 2.03 bits per heavy atom. The highest BCUT2D eigenvalue weighted by Gasteiger charge is 2.29. The highest BCUT2D eigenvalue weighted by atomic mass is 16.2. The number of aromatic nitrogens is 3. The average molecular weight is 398 g/mol. The van der Waals surface area contributed by atoms with Crippen LogP contribution in [0.15, 0.2) is 18.3 Å². The van der Waals surface area contributed by atoms with Crippen LogP contribution in [0.4, 0.5) is 0 Å². The van der Waals surface area contributed by atoms with Gasteiger partial charge in [-0.15, -0.1) is 0 Å². The number of likely N-dealkylation sites (tertiary alicyclic amines) is 1. The largest absolute Gasteiger partial charge is 0.354 e. The standard InChI is InChI=1S/C22H31N5O2/c1-16(28)26-12-9-18(15-26)21-19-8-5-10-24-22(19)27(25-21)13-11-23-20(29)14-17-6-3-2-4-7-17/h5,8,10,17-18H,2-4,6-7,9,11-15H2,1H3,(H,23,29). The molecule has 29 heavy (non-hydrogen) atoms. The Bertz CT molecular complexity index is 871. The van der Waals surface area contributed by atoms with Crippen LogP contribution in [0.3, 0.4) is 0 Å². The Hall–Kier alpha value is -2.44. The van der Waals surface area contributed by atoms with Gasteiger partial charge in [0, 0.05) is 50.5 Å². The predicted molar refractivity (Wildman–Crippen MR) is 111 cm³/mol. The minimum atomic E-state index is 0.120. The Morgan fingerprint density at radius 3 is 2.79 bits per heavy atom. The van der Waals surface area contributed by atoms with Gasteiger partial charge in [-0.1, -0.05) is 19.3 Å². The van der Waals surface area contributed by atoms with E-state index in [1.165, 1.54) is 32.1 Å². The van der Waals surface area contributed by atoms with Gasteiger partial charge in [0.05, 0.1) is 12.2 Å². The van der Waals surface area contributed by atoms with Crippen LogP contribution in [0.5, 0.6) is 0 Å². The fraction of sp³-hybridized carbons (Fsp3) is 0.636. The number of pyridine rings is 1. The summed E-state index contributed by atoms with van der Waals surface area (Å²) in [5, 5.41) is 8.96. The second-order valence-corrected chi connectivity index (χ2v) is 8.49. The van der Waals surface area contributed by atoms with Gasteiger partial charge in [0.25, 0.3) is 0 Å². The summed E-state index contributed by atoms with van der Waals surface area (Å²) in [5.41, 5.74) is 1.87. The molecule has 4 rings (SSSR count). The number of amides is 2. The van der Waals surface area contributed by atoms with Gasteiger partial charge in [0.1, 0.15) is 0 Å². The maximum absolute atomic E-state index is 12.3. The number of carbonyl (C=O) groups excluding carboxylic acids is 2. The Kier molecular flexibility index (Phi) is 6.11. The molecule has 2 fully saturated rings. The molecule has 0 radical (unpaired) electrons. The van der Waals surface area contributed by atoms with E-state index in [4.69, 9.17) is 5.10 Å². The average Bonchev–Trinajstić information content (AvgIpc) is 3.34. The fourth-order valence-corrected chi connectivity index (χ4v) is 4.79. The molecule has 1 N–H and O–H groups in total. The zero-order chi connectivity index (χ0) is 20.2. The molecule has 0 spiro atoms. The third-order valence-corrected chi connectivity index (χ3v) is 6.40. The summed E-state index contributed by atoms with van der Waals surface area (Å²) < 4.78 is 1.90. The summed E-state index contributed by atoms with van der Waals surface area (Å²) in [6.07, 6.45) is 9.55. The van der Waals surface area contributed by atoms with Crippen LogP contribution in [-0.2, 0) is 16.1 Å². The molecule has 1 saturated heterocycles. The Labute approximate surface area is 171 Å². The molecular formula is C22H31N5O2. The first-order valence-electron chi connectivity index (χ1n) is 11.0. The number of rotatable bonds is 6. The molecule has 0 bridgehead atoms. The van der Waals surface area contributed by atoms with Gasteiger partial charge in [-0.05, 0) is 37.3 Å². The van der Waals surface area contributed by atoms with E-state index < -0.39 is 0 Å². The van der Waals surface area contributed by atoms with Gasteiger partial charge in [-0.3, -0.25) is 9.59 Å². The van der Waals surface area contributed by atoms with Crippen molar-refractivity contribution in [2.45, 2.75) is 64.3 Å². The number of hydrogen-bond acceptors (Lipinski definition) is 4. The van der Waals surface area contributed by atoms with Crippen LogP contribution in [0.2, 0.25) is 0 Å². The molecule has 1 atom stereocenters. The molecule has 3 heterocycles. The molecule has 1 aliphatic carbocycles. The number of nitrogens with zero attached hydrogens (tertiary/aromatic N) is 4. The first-order valence-corrected chi connectivity index (χ1v) is 11.0. The molecule has 2 aromatic rings. The van der Waals surface area contributed by atoms with E-state index in [9.17, 15) is 9.59 Å². The predicted octanol–water partition coefficient (Wildman–Crippen LogP) is 2.85. The van der Waals surface area contributed by atoms with E-state index >= 15 is 0 Å². The van der Waals surface area contributed by atoms with Crippen LogP contribution in [-0.4, -0.2) is 51.1 Å². The van der Waals surface area contributed by atoms with Crippen LogP contribution in [0, 0.1) is 5.92 Å². The lowest BCUT2D eigenvalue weighted by atomic mass is 9.87. The summed E-state index contributed by atoms with van der Waals surface area (Å²) in [7, 11) is 0. The van der Waals surface area contributed by atoms with Gasteiger partial charge in [0.2, 0.25) is 11.8 Å². The molecule has 1 unspecified atom stereocenters. The lowest BCUT2D eigenvalue weighted by Crippen LogP contribution is -2.29. The van der Waals surface area contributed by atoms with Crippen molar-refractivity contribution in [2.75, 3.05) is 19.6 Å². The van der Waals surface area contributed by atoms with E-state index in [0.717, 1.165) is 29.7 Å².